The number of hydrogen-bond acceptors (Lipinski definition) is 4. The predicted molar refractivity (Wildman–Crippen MR) is 87.4 cm³/mol. The van der Waals surface area contributed by atoms with Gasteiger partial charge in [-0.1, -0.05) is 48.8 Å². The van der Waals surface area contributed by atoms with Crippen molar-refractivity contribution in [1.82, 2.24) is 0 Å². The summed E-state index contributed by atoms with van der Waals surface area (Å²) in [4.78, 5) is 17.3. The second-order valence-corrected chi connectivity index (χ2v) is 5.06. The monoisotopic (exact) mass is 306 g/mol. The highest BCUT2D eigenvalue weighted by Gasteiger charge is 2.21. The number of hydrogen-bond donors (Lipinski definition) is 1. The van der Waals surface area contributed by atoms with E-state index in [4.69, 9.17) is 15.3 Å². The van der Waals surface area contributed by atoms with E-state index in [0.717, 1.165) is 18.4 Å². The van der Waals surface area contributed by atoms with Gasteiger partial charge in [0, 0.05) is 12.8 Å². The third-order valence-electron chi connectivity index (χ3n) is 3.17. The molecule has 0 bridgehead atoms. The lowest BCUT2D eigenvalue weighted by atomic mass is 10.1. The van der Waals surface area contributed by atoms with Crippen molar-refractivity contribution in [3.05, 3.63) is 35.9 Å². The van der Waals surface area contributed by atoms with Crippen LogP contribution in [0.3, 0.4) is 0 Å². The van der Waals surface area contributed by atoms with Gasteiger partial charge < -0.3 is 15.3 Å². The number of nitrogens with two attached hydrogens (primary N) is 1. The third-order valence-corrected chi connectivity index (χ3v) is 3.17. The van der Waals surface area contributed by atoms with Gasteiger partial charge in [-0.3, -0.25) is 0 Å². The van der Waals surface area contributed by atoms with Gasteiger partial charge in [-0.15, -0.1) is 0 Å². The molecule has 0 aliphatic heterocycles. The van der Waals surface area contributed by atoms with E-state index < -0.39 is 12.1 Å². The molecule has 2 N–H and O–H groups in total. The number of unbranched alkanes of at least 4 members (excludes halogenated alkanes) is 1. The van der Waals surface area contributed by atoms with Crippen molar-refractivity contribution in [3.63, 3.8) is 0 Å². The summed E-state index contributed by atoms with van der Waals surface area (Å²) in [7, 11) is 0. The van der Waals surface area contributed by atoms with Crippen LogP contribution in [0.15, 0.2) is 35.5 Å². The number of benzene rings is 1. The molecule has 0 aromatic heterocycles. The Kier molecular flexibility index (Phi) is 8.72. The van der Waals surface area contributed by atoms with Crippen molar-refractivity contribution in [2.24, 2.45) is 10.9 Å². The molecule has 1 aromatic rings. The van der Waals surface area contributed by atoms with Gasteiger partial charge in [0.2, 0.25) is 6.10 Å². The number of carbonyl (C=O) groups excluding carboxylic acids is 1. The standard InChI is InChI=1S/C17H26N2O3/c1-3-5-11-16(18)19-22-15(17(20)21-4-2)13-12-14-9-7-6-8-10-14/h6-10,15H,3-5,11-13H2,1-2H3,(H2,18,19). The van der Waals surface area contributed by atoms with Crippen molar-refractivity contribution in [1.29, 1.82) is 0 Å². The molecule has 1 atom stereocenters. The molecule has 0 radical (unpaired) electrons. The average Bonchev–Trinajstić information content (AvgIpc) is 2.54. The highest BCUT2D eigenvalue weighted by atomic mass is 16.7. The zero-order valence-corrected chi connectivity index (χ0v) is 13.5. The average molecular weight is 306 g/mol. The number of ether oxygens (including phenoxy) is 1. The summed E-state index contributed by atoms with van der Waals surface area (Å²) in [5.41, 5.74) is 6.90. The molecule has 0 fully saturated rings. The molecule has 0 heterocycles. The molecule has 1 aromatic carbocycles. The fourth-order valence-corrected chi connectivity index (χ4v) is 1.93. The Morgan fingerprint density at radius 2 is 2.00 bits per heavy atom. The molecule has 22 heavy (non-hydrogen) atoms. The first-order chi connectivity index (χ1) is 10.7. The molecule has 0 amide bonds. The van der Waals surface area contributed by atoms with Gasteiger partial charge in [-0.05, 0) is 25.3 Å². The quantitative estimate of drug-likeness (QED) is 0.312. The van der Waals surface area contributed by atoms with Crippen LogP contribution in [0.1, 0.15) is 45.1 Å². The van der Waals surface area contributed by atoms with E-state index in [1.165, 1.54) is 0 Å². The Morgan fingerprint density at radius 3 is 2.64 bits per heavy atom. The van der Waals surface area contributed by atoms with E-state index in [1.54, 1.807) is 6.92 Å². The highest BCUT2D eigenvalue weighted by Crippen LogP contribution is 2.10. The van der Waals surface area contributed by atoms with E-state index >= 15 is 0 Å². The number of aryl methyl sites for hydroxylation is 1. The molecular weight excluding hydrogens is 280 g/mol. The minimum Gasteiger partial charge on any atom is -0.463 e. The number of nitrogens with zero attached hydrogens (tertiary/aromatic N) is 1. The molecular formula is C17H26N2O3. The van der Waals surface area contributed by atoms with Crippen LogP contribution in [0.25, 0.3) is 0 Å². The minimum atomic E-state index is -0.722. The van der Waals surface area contributed by atoms with Gasteiger partial charge >= 0.3 is 5.97 Å². The van der Waals surface area contributed by atoms with Gasteiger partial charge in [0.1, 0.15) is 5.84 Å². The molecule has 0 spiro atoms. The molecule has 1 rings (SSSR count). The Balaban J connectivity index is 2.57. The smallest absolute Gasteiger partial charge is 0.350 e. The van der Waals surface area contributed by atoms with Crippen LogP contribution in [0.4, 0.5) is 0 Å². The summed E-state index contributed by atoms with van der Waals surface area (Å²) in [5, 5.41) is 3.87. The van der Waals surface area contributed by atoms with E-state index in [2.05, 4.69) is 12.1 Å². The van der Waals surface area contributed by atoms with Gasteiger partial charge in [0.15, 0.2) is 0 Å². The highest BCUT2D eigenvalue weighted by molar-refractivity contribution is 5.80. The fourth-order valence-electron chi connectivity index (χ4n) is 1.93. The topological polar surface area (TPSA) is 73.9 Å². The van der Waals surface area contributed by atoms with E-state index in [0.29, 0.717) is 31.7 Å². The van der Waals surface area contributed by atoms with Crippen molar-refractivity contribution in [2.45, 2.75) is 52.1 Å². The van der Waals surface area contributed by atoms with Crippen molar-refractivity contribution in [3.8, 4) is 0 Å². The normalized spacial score (nSPS) is 12.7. The van der Waals surface area contributed by atoms with Gasteiger partial charge in [0.05, 0.1) is 6.61 Å². The zero-order chi connectivity index (χ0) is 16.2. The number of oxime groups is 1. The Labute approximate surface area is 132 Å². The fraction of sp³-hybridized carbons (Fsp3) is 0.529. The molecule has 0 aliphatic rings. The molecule has 0 saturated carbocycles. The van der Waals surface area contributed by atoms with Crippen molar-refractivity contribution in [2.75, 3.05) is 6.61 Å². The number of amidine groups is 1. The van der Waals surface area contributed by atoms with Gasteiger partial charge in [0.25, 0.3) is 0 Å². The number of carbonyl (C=O) groups is 1. The van der Waals surface area contributed by atoms with Crippen LogP contribution < -0.4 is 5.73 Å². The maximum Gasteiger partial charge on any atom is 0.350 e. The lowest BCUT2D eigenvalue weighted by molar-refractivity contribution is -0.157. The summed E-state index contributed by atoms with van der Waals surface area (Å²) < 4.78 is 5.03. The first-order valence-electron chi connectivity index (χ1n) is 7.86. The summed E-state index contributed by atoms with van der Waals surface area (Å²) in [6, 6.07) is 9.93. The molecule has 122 valence electrons. The van der Waals surface area contributed by atoms with Gasteiger partial charge in [-0.2, -0.15) is 0 Å². The predicted octanol–water partition coefficient (Wildman–Crippen LogP) is 3.03. The first-order valence-corrected chi connectivity index (χ1v) is 7.86. The Hall–Kier alpha value is -2.04. The number of rotatable bonds is 10. The van der Waals surface area contributed by atoms with Crippen LogP contribution in [0, 0.1) is 0 Å². The van der Waals surface area contributed by atoms with Gasteiger partial charge in [-0.25, -0.2) is 4.79 Å². The number of esters is 1. The molecule has 5 nitrogen and oxygen atoms in total. The molecule has 1 unspecified atom stereocenters. The maximum atomic E-state index is 11.9. The van der Waals surface area contributed by atoms with Crippen LogP contribution in [0.5, 0.6) is 0 Å². The first kappa shape index (κ1) is 18.0. The summed E-state index contributed by atoms with van der Waals surface area (Å²) in [5.74, 6) is 0.0151. The Bertz CT molecular complexity index is 460. The van der Waals surface area contributed by atoms with Crippen molar-refractivity contribution >= 4 is 11.8 Å². The second kappa shape index (κ2) is 10.7. The lowest BCUT2D eigenvalue weighted by Crippen LogP contribution is -2.27. The molecule has 5 heteroatoms. The lowest BCUT2D eigenvalue weighted by Gasteiger charge is -2.14. The van der Waals surface area contributed by atoms with E-state index in [9.17, 15) is 4.79 Å². The minimum absolute atomic E-state index is 0.319. The van der Waals surface area contributed by atoms with E-state index in [1.807, 2.05) is 30.3 Å². The largest absolute Gasteiger partial charge is 0.463 e. The van der Waals surface area contributed by atoms with E-state index in [-0.39, 0.29) is 0 Å². The maximum absolute atomic E-state index is 11.9. The van der Waals surface area contributed by atoms with Crippen LogP contribution in [-0.4, -0.2) is 24.5 Å². The summed E-state index contributed by atoms with van der Waals surface area (Å²) in [6.07, 6.45) is 3.16. The second-order valence-electron chi connectivity index (χ2n) is 5.06. The summed E-state index contributed by atoms with van der Waals surface area (Å²) in [6.45, 7) is 4.17. The van der Waals surface area contributed by atoms with Crippen LogP contribution in [-0.2, 0) is 20.8 Å². The summed E-state index contributed by atoms with van der Waals surface area (Å²) >= 11 is 0. The third kappa shape index (κ3) is 7.11. The SMILES string of the molecule is CCCC/C(N)=N/OC(CCc1ccccc1)C(=O)OCC. The van der Waals surface area contributed by atoms with Crippen LogP contribution in [0.2, 0.25) is 0 Å². The molecule has 0 aliphatic carbocycles. The Morgan fingerprint density at radius 1 is 1.27 bits per heavy atom. The zero-order valence-electron chi connectivity index (χ0n) is 13.5. The molecule has 0 saturated heterocycles. The van der Waals surface area contributed by atoms with Crippen LogP contribution >= 0.6 is 0 Å². The van der Waals surface area contributed by atoms with Crippen molar-refractivity contribution < 1.29 is 14.4 Å².